The number of ether oxygens (including phenoxy) is 2. The van der Waals surface area contributed by atoms with Crippen molar-refractivity contribution >= 4 is 6.16 Å². The fourth-order valence-electron chi connectivity index (χ4n) is 0.947. The first-order valence-electron chi connectivity index (χ1n) is 3.62. The van der Waals surface area contributed by atoms with Crippen LogP contribution in [0.4, 0.5) is 4.79 Å². The molecule has 0 radical (unpaired) electrons. The molecule has 1 aliphatic rings. The summed E-state index contributed by atoms with van der Waals surface area (Å²) in [4.78, 5) is 10.6. The Morgan fingerprint density at radius 1 is 1.50 bits per heavy atom. The van der Waals surface area contributed by atoms with Crippen LogP contribution in [0.15, 0.2) is 0 Å². The third-order valence-electron chi connectivity index (χ3n) is 1.52. The zero-order valence-corrected chi connectivity index (χ0v) is 6.13. The van der Waals surface area contributed by atoms with E-state index in [9.17, 15) is 4.79 Å². The number of carbonyl (C=O) groups excluding carboxylic acids is 1. The average Bonchev–Trinajstić information content (AvgIpc) is 1.83. The summed E-state index contributed by atoms with van der Waals surface area (Å²) in [6, 6.07) is 0. The standard InChI is InChI=1S/C7H12O3/c1-6-4-2-3-5-9-7(8)10-6/h6H,2-5H2,1H3. The van der Waals surface area contributed by atoms with E-state index in [0.717, 1.165) is 19.3 Å². The van der Waals surface area contributed by atoms with Crippen LogP contribution in [0.3, 0.4) is 0 Å². The quantitative estimate of drug-likeness (QED) is 0.485. The van der Waals surface area contributed by atoms with Crippen LogP contribution < -0.4 is 0 Å². The second-order valence-corrected chi connectivity index (χ2v) is 2.52. The second-order valence-electron chi connectivity index (χ2n) is 2.52. The summed E-state index contributed by atoms with van der Waals surface area (Å²) in [5.74, 6) is 0. The Bertz CT molecular complexity index is 122. The lowest BCUT2D eigenvalue weighted by Gasteiger charge is -2.15. The van der Waals surface area contributed by atoms with Gasteiger partial charge in [-0.2, -0.15) is 0 Å². The van der Waals surface area contributed by atoms with E-state index in [0.29, 0.717) is 6.61 Å². The van der Waals surface area contributed by atoms with Crippen LogP contribution in [0.25, 0.3) is 0 Å². The van der Waals surface area contributed by atoms with Crippen molar-refractivity contribution in [1.29, 1.82) is 0 Å². The zero-order valence-electron chi connectivity index (χ0n) is 6.13. The second kappa shape index (κ2) is 3.44. The first kappa shape index (κ1) is 7.38. The first-order valence-corrected chi connectivity index (χ1v) is 3.62. The summed E-state index contributed by atoms with van der Waals surface area (Å²) in [5, 5.41) is 0. The Morgan fingerprint density at radius 3 is 3.10 bits per heavy atom. The minimum atomic E-state index is -0.521. The molecule has 1 heterocycles. The molecular weight excluding hydrogens is 132 g/mol. The van der Waals surface area contributed by atoms with Gasteiger partial charge in [0.2, 0.25) is 0 Å². The van der Waals surface area contributed by atoms with Gasteiger partial charge in [-0.05, 0) is 26.2 Å². The molecule has 0 saturated carbocycles. The van der Waals surface area contributed by atoms with Crippen LogP contribution in [0.1, 0.15) is 26.2 Å². The van der Waals surface area contributed by atoms with Gasteiger partial charge in [0.15, 0.2) is 0 Å². The average molecular weight is 144 g/mol. The summed E-state index contributed by atoms with van der Waals surface area (Å²) in [6.07, 6.45) is 2.49. The highest BCUT2D eigenvalue weighted by Gasteiger charge is 2.12. The molecule has 0 spiro atoms. The summed E-state index contributed by atoms with van der Waals surface area (Å²) in [5.41, 5.74) is 0. The lowest BCUT2D eigenvalue weighted by Crippen LogP contribution is -2.19. The summed E-state index contributed by atoms with van der Waals surface area (Å²) in [6.45, 7) is 2.39. The van der Waals surface area contributed by atoms with Gasteiger partial charge in [-0.15, -0.1) is 0 Å². The molecule has 0 bridgehead atoms. The molecule has 1 unspecified atom stereocenters. The summed E-state index contributed by atoms with van der Waals surface area (Å²) < 4.78 is 9.52. The van der Waals surface area contributed by atoms with Crippen LogP contribution >= 0.6 is 0 Å². The molecule has 0 aromatic carbocycles. The van der Waals surface area contributed by atoms with Crippen molar-refractivity contribution in [3.8, 4) is 0 Å². The van der Waals surface area contributed by atoms with E-state index >= 15 is 0 Å². The van der Waals surface area contributed by atoms with Gasteiger partial charge in [0.1, 0.15) is 6.10 Å². The SMILES string of the molecule is CC1CCCCOC(=O)O1. The third kappa shape index (κ3) is 2.25. The monoisotopic (exact) mass is 144 g/mol. The minimum Gasteiger partial charge on any atom is -0.434 e. The molecule has 58 valence electrons. The highest BCUT2D eigenvalue weighted by molar-refractivity contribution is 5.60. The molecule has 1 saturated heterocycles. The summed E-state index contributed by atoms with van der Waals surface area (Å²) >= 11 is 0. The molecule has 1 aliphatic heterocycles. The fraction of sp³-hybridized carbons (Fsp3) is 0.857. The molecule has 0 aromatic rings. The van der Waals surface area contributed by atoms with Crippen LogP contribution in [0, 0.1) is 0 Å². The molecule has 0 amide bonds. The Morgan fingerprint density at radius 2 is 2.30 bits per heavy atom. The lowest BCUT2D eigenvalue weighted by molar-refractivity contribution is 0.0142. The van der Waals surface area contributed by atoms with E-state index in [1.807, 2.05) is 6.92 Å². The van der Waals surface area contributed by atoms with E-state index < -0.39 is 6.16 Å². The predicted molar refractivity (Wildman–Crippen MR) is 35.7 cm³/mol. The Balaban J connectivity index is 2.32. The van der Waals surface area contributed by atoms with Crippen molar-refractivity contribution in [2.75, 3.05) is 6.61 Å². The Hall–Kier alpha value is -0.730. The van der Waals surface area contributed by atoms with Crippen LogP contribution in [-0.4, -0.2) is 18.9 Å². The Kier molecular flexibility index (Phi) is 2.54. The number of rotatable bonds is 0. The molecule has 3 heteroatoms. The van der Waals surface area contributed by atoms with E-state index in [-0.39, 0.29) is 6.10 Å². The van der Waals surface area contributed by atoms with Gasteiger partial charge in [0.05, 0.1) is 6.61 Å². The normalized spacial score (nSPS) is 27.7. The van der Waals surface area contributed by atoms with Gasteiger partial charge < -0.3 is 9.47 Å². The van der Waals surface area contributed by atoms with Crippen molar-refractivity contribution in [3.63, 3.8) is 0 Å². The molecule has 1 rings (SSSR count). The number of hydrogen-bond acceptors (Lipinski definition) is 3. The molecular formula is C7H12O3. The molecule has 10 heavy (non-hydrogen) atoms. The lowest BCUT2D eigenvalue weighted by atomic mass is 10.2. The highest BCUT2D eigenvalue weighted by Crippen LogP contribution is 2.09. The largest absolute Gasteiger partial charge is 0.508 e. The highest BCUT2D eigenvalue weighted by atomic mass is 16.7. The number of cyclic esters (lactones) is 2. The maximum absolute atomic E-state index is 10.6. The van der Waals surface area contributed by atoms with Crippen LogP contribution in [0.2, 0.25) is 0 Å². The predicted octanol–water partition coefficient (Wildman–Crippen LogP) is 1.71. The molecule has 0 N–H and O–H groups in total. The molecule has 3 nitrogen and oxygen atoms in total. The van der Waals surface area contributed by atoms with Gasteiger partial charge in [-0.1, -0.05) is 0 Å². The van der Waals surface area contributed by atoms with Gasteiger partial charge in [0, 0.05) is 0 Å². The molecule has 1 atom stereocenters. The van der Waals surface area contributed by atoms with E-state index in [1.165, 1.54) is 0 Å². The Labute approximate surface area is 60.3 Å². The van der Waals surface area contributed by atoms with Crippen molar-refractivity contribution in [2.45, 2.75) is 32.3 Å². The van der Waals surface area contributed by atoms with Gasteiger partial charge >= 0.3 is 6.16 Å². The van der Waals surface area contributed by atoms with Crippen LogP contribution in [-0.2, 0) is 9.47 Å². The van der Waals surface area contributed by atoms with Gasteiger partial charge in [0.25, 0.3) is 0 Å². The molecule has 0 aromatic heterocycles. The first-order chi connectivity index (χ1) is 4.79. The number of carbonyl (C=O) groups is 1. The maximum Gasteiger partial charge on any atom is 0.508 e. The van der Waals surface area contributed by atoms with Crippen LogP contribution in [0.5, 0.6) is 0 Å². The van der Waals surface area contributed by atoms with Gasteiger partial charge in [-0.3, -0.25) is 0 Å². The van der Waals surface area contributed by atoms with E-state index in [1.54, 1.807) is 0 Å². The van der Waals surface area contributed by atoms with E-state index in [4.69, 9.17) is 9.47 Å². The topological polar surface area (TPSA) is 35.5 Å². The van der Waals surface area contributed by atoms with Crippen molar-refractivity contribution < 1.29 is 14.3 Å². The molecule has 1 fully saturated rings. The summed E-state index contributed by atoms with van der Waals surface area (Å²) in [7, 11) is 0. The van der Waals surface area contributed by atoms with E-state index in [2.05, 4.69) is 0 Å². The van der Waals surface area contributed by atoms with Crippen molar-refractivity contribution in [1.82, 2.24) is 0 Å². The third-order valence-corrected chi connectivity index (χ3v) is 1.52. The smallest absolute Gasteiger partial charge is 0.434 e. The molecule has 0 aliphatic carbocycles. The van der Waals surface area contributed by atoms with Gasteiger partial charge in [-0.25, -0.2) is 4.79 Å². The maximum atomic E-state index is 10.6. The van der Waals surface area contributed by atoms with Crippen molar-refractivity contribution in [3.05, 3.63) is 0 Å². The van der Waals surface area contributed by atoms with Crippen molar-refractivity contribution in [2.24, 2.45) is 0 Å². The zero-order chi connectivity index (χ0) is 7.40. The minimum absolute atomic E-state index is 0.0211. The number of hydrogen-bond donors (Lipinski definition) is 0. The fourth-order valence-corrected chi connectivity index (χ4v) is 0.947.